The van der Waals surface area contributed by atoms with E-state index in [2.05, 4.69) is 4.99 Å². The lowest BCUT2D eigenvalue weighted by Gasteiger charge is -2.22. The summed E-state index contributed by atoms with van der Waals surface area (Å²) in [6.45, 7) is 7.93. The smallest absolute Gasteiger partial charge is 0.323 e. The average Bonchev–Trinajstić information content (AvgIpc) is 2.13. The molecule has 5 heteroatoms. The molecule has 0 rings (SSSR count). The van der Waals surface area contributed by atoms with Gasteiger partial charge in [-0.15, -0.1) is 0 Å². The van der Waals surface area contributed by atoms with Crippen LogP contribution in [0.1, 0.15) is 47.0 Å². The van der Waals surface area contributed by atoms with Gasteiger partial charge in [-0.25, -0.2) is 0 Å². The Kier molecular flexibility index (Phi) is 6.80. The predicted molar refractivity (Wildman–Crippen MR) is 69.8 cm³/mol. The number of hydrogen-bond donors (Lipinski definition) is 2. The molecule has 0 aromatic rings. The topological polar surface area (TPSA) is 90.7 Å². The lowest BCUT2D eigenvalue weighted by molar-refractivity contribution is -0.156. The molecule has 0 aromatic heterocycles. The molecule has 0 aliphatic rings. The quantitative estimate of drug-likeness (QED) is 0.317. The summed E-state index contributed by atoms with van der Waals surface area (Å²) in [6, 6.07) is -0.544. The molecular weight excluding hydrogens is 218 g/mol. The van der Waals surface area contributed by atoms with Gasteiger partial charge in [0, 0.05) is 6.54 Å². The van der Waals surface area contributed by atoms with Crippen molar-refractivity contribution >= 4 is 11.8 Å². The second kappa shape index (κ2) is 7.27. The van der Waals surface area contributed by atoms with Gasteiger partial charge >= 0.3 is 5.97 Å². The van der Waals surface area contributed by atoms with Crippen LogP contribution in [0.25, 0.3) is 0 Å². The Labute approximate surface area is 104 Å². The van der Waals surface area contributed by atoms with Crippen molar-refractivity contribution < 1.29 is 9.53 Å². The van der Waals surface area contributed by atoms with Crippen LogP contribution in [-0.4, -0.2) is 30.0 Å². The van der Waals surface area contributed by atoms with Crippen molar-refractivity contribution in [2.75, 3.05) is 6.54 Å². The highest BCUT2D eigenvalue weighted by Crippen LogP contribution is 2.10. The monoisotopic (exact) mass is 243 g/mol. The van der Waals surface area contributed by atoms with Gasteiger partial charge in [-0.1, -0.05) is 0 Å². The van der Waals surface area contributed by atoms with E-state index in [-0.39, 0.29) is 5.97 Å². The number of nitrogens with zero attached hydrogens (tertiary/aromatic N) is 1. The first-order valence-electron chi connectivity index (χ1n) is 5.97. The molecule has 0 saturated carbocycles. The van der Waals surface area contributed by atoms with Crippen molar-refractivity contribution in [3.05, 3.63) is 0 Å². The molecule has 100 valence electrons. The number of unbranched alkanes of at least 4 members (excludes halogenated alkanes) is 1. The highest BCUT2D eigenvalue weighted by Gasteiger charge is 2.21. The number of aliphatic imine (C=N–C) groups is 1. The number of amidine groups is 1. The third-order valence-corrected chi connectivity index (χ3v) is 1.99. The SMILES string of the molecule is CC(N)=NCCCCC(N)C(=O)OC(C)(C)C. The first kappa shape index (κ1) is 15.9. The van der Waals surface area contributed by atoms with Gasteiger partial charge in [-0.3, -0.25) is 9.79 Å². The van der Waals surface area contributed by atoms with E-state index in [1.54, 1.807) is 6.92 Å². The number of carbonyl (C=O) groups is 1. The fraction of sp³-hybridized carbons (Fsp3) is 0.833. The van der Waals surface area contributed by atoms with Crippen molar-refractivity contribution in [3.63, 3.8) is 0 Å². The van der Waals surface area contributed by atoms with Crippen LogP contribution < -0.4 is 11.5 Å². The van der Waals surface area contributed by atoms with Crippen LogP contribution in [0.3, 0.4) is 0 Å². The first-order valence-corrected chi connectivity index (χ1v) is 5.97. The van der Waals surface area contributed by atoms with Crippen LogP contribution >= 0.6 is 0 Å². The molecule has 0 radical (unpaired) electrons. The first-order chi connectivity index (χ1) is 7.72. The molecule has 0 aromatic carbocycles. The number of carbonyl (C=O) groups excluding carboxylic acids is 1. The molecule has 0 spiro atoms. The molecule has 5 nitrogen and oxygen atoms in total. The molecule has 0 aliphatic heterocycles. The highest BCUT2D eigenvalue weighted by atomic mass is 16.6. The fourth-order valence-corrected chi connectivity index (χ4v) is 1.23. The third kappa shape index (κ3) is 9.81. The molecule has 0 heterocycles. The minimum Gasteiger partial charge on any atom is -0.459 e. The van der Waals surface area contributed by atoms with Gasteiger partial charge in [0.2, 0.25) is 0 Å². The Morgan fingerprint density at radius 3 is 2.41 bits per heavy atom. The Morgan fingerprint density at radius 1 is 1.35 bits per heavy atom. The summed E-state index contributed by atoms with van der Waals surface area (Å²) < 4.78 is 5.18. The van der Waals surface area contributed by atoms with Crippen molar-refractivity contribution in [2.24, 2.45) is 16.5 Å². The van der Waals surface area contributed by atoms with Gasteiger partial charge in [0.25, 0.3) is 0 Å². The van der Waals surface area contributed by atoms with Gasteiger partial charge in [-0.05, 0) is 47.0 Å². The van der Waals surface area contributed by atoms with Crippen molar-refractivity contribution in [2.45, 2.75) is 58.6 Å². The van der Waals surface area contributed by atoms with E-state index in [9.17, 15) is 4.79 Å². The molecule has 1 atom stereocenters. The van der Waals surface area contributed by atoms with E-state index in [0.717, 1.165) is 12.8 Å². The summed E-state index contributed by atoms with van der Waals surface area (Å²) in [5.74, 6) is 0.248. The van der Waals surface area contributed by atoms with E-state index in [1.807, 2.05) is 20.8 Å². The Balaban J connectivity index is 3.75. The maximum Gasteiger partial charge on any atom is 0.323 e. The second-order valence-corrected chi connectivity index (χ2v) is 5.16. The molecule has 1 unspecified atom stereocenters. The van der Waals surface area contributed by atoms with Gasteiger partial charge in [0.15, 0.2) is 0 Å². The number of hydrogen-bond acceptors (Lipinski definition) is 4. The van der Waals surface area contributed by atoms with E-state index in [4.69, 9.17) is 16.2 Å². The third-order valence-electron chi connectivity index (χ3n) is 1.99. The number of rotatable bonds is 6. The van der Waals surface area contributed by atoms with Crippen LogP contribution in [0, 0.1) is 0 Å². The standard InChI is InChI=1S/C12H25N3O2/c1-9(13)15-8-6-5-7-10(14)11(16)17-12(2,3)4/h10H,5-8,14H2,1-4H3,(H2,13,15). The Hall–Kier alpha value is -1.10. The number of esters is 1. The molecule has 0 bridgehead atoms. The fourth-order valence-electron chi connectivity index (χ4n) is 1.23. The van der Waals surface area contributed by atoms with Gasteiger partial charge < -0.3 is 16.2 Å². The molecule has 0 saturated heterocycles. The lowest BCUT2D eigenvalue weighted by atomic mass is 10.1. The van der Waals surface area contributed by atoms with Gasteiger partial charge in [0.05, 0.1) is 5.84 Å². The largest absolute Gasteiger partial charge is 0.459 e. The molecule has 0 amide bonds. The molecular formula is C12H25N3O2. The number of ether oxygens (including phenoxy) is 1. The number of nitrogens with two attached hydrogens (primary N) is 2. The van der Waals surface area contributed by atoms with Crippen LogP contribution in [-0.2, 0) is 9.53 Å². The van der Waals surface area contributed by atoms with Crippen molar-refractivity contribution in [1.82, 2.24) is 0 Å². The normalized spacial score (nSPS) is 14.5. The Bertz CT molecular complexity index is 265. The molecule has 4 N–H and O–H groups in total. The maximum absolute atomic E-state index is 11.5. The summed E-state index contributed by atoms with van der Waals surface area (Å²) in [7, 11) is 0. The van der Waals surface area contributed by atoms with Crippen molar-refractivity contribution in [1.29, 1.82) is 0 Å². The van der Waals surface area contributed by atoms with E-state index in [1.165, 1.54) is 0 Å². The maximum atomic E-state index is 11.5. The van der Waals surface area contributed by atoms with Gasteiger partial charge in [-0.2, -0.15) is 0 Å². The van der Waals surface area contributed by atoms with Crippen molar-refractivity contribution in [3.8, 4) is 0 Å². The van der Waals surface area contributed by atoms with Crippen LogP contribution in [0.2, 0.25) is 0 Å². The highest BCUT2D eigenvalue weighted by molar-refractivity contribution is 5.77. The summed E-state index contributed by atoms with van der Waals surface area (Å²) >= 11 is 0. The zero-order chi connectivity index (χ0) is 13.5. The lowest BCUT2D eigenvalue weighted by Crippen LogP contribution is -2.37. The second-order valence-electron chi connectivity index (χ2n) is 5.16. The van der Waals surface area contributed by atoms with E-state index < -0.39 is 11.6 Å². The molecule has 17 heavy (non-hydrogen) atoms. The zero-order valence-electron chi connectivity index (χ0n) is 11.3. The zero-order valence-corrected chi connectivity index (χ0v) is 11.3. The minimum absolute atomic E-state index is 0.337. The summed E-state index contributed by atoms with van der Waals surface area (Å²) in [6.07, 6.45) is 2.34. The van der Waals surface area contributed by atoms with E-state index >= 15 is 0 Å². The van der Waals surface area contributed by atoms with Gasteiger partial charge in [0.1, 0.15) is 11.6 Å². The predicted octanol–water partition coefficient (Wildman–Crippen LogP) is 1.20. The molecule has 0 fully saturated rings. The van der Waals surface area contributed by atoms with Crippen LogP contribution in [0.5, 0.6) is 0 Å². The Morgan fingerprint density at radius 2 is 1.94 bits per heavy atom. The summed E-state index contributed by atoms with van der Waals surface area (Å²) in [5.41, 5.74) is 10.7. The minimum atomic E-state index is -0.544. The van der Waals surface area contributed by atoms with Crippen LogP contribution in [0.4, 0.5) is 0 Å². The average molecular weight is 243 g/mol. The summed E-state index contributed by atoms with van der Waals surface area (Å²) in [5, 5.41) is 0. The van der Waals surface area contributed by atoms with Crippen LogP contribution in [0.15, 0.2) is 4.99 Å². The van der Waals surface area contributed by atoms with E-state index in [0.29, 0.717) is 18.8 Å². The summed E-state index contributed by atoms with van der Waals surface area (Å²) in [4.78, 5) is 15.6. The molecule has 0 aliphatic carbocycles.